The van der Waals surface area contributed by atoms with Gasteiger partial charge in [-0.1, -0.05) is 6.08 Å². The minimum absolute atomic E-state index is 0.130. The van der Waals surface area contributed by atoms with E-state index in [1.165, 1.54) is 12.1 Å². The van der Waals surface area contributed by atoms with Gasteiger partial charge >= 0.3 is 0 Å². The number of hydrogen-bond donors (Lipinski definition) is 0. The Labute approximate surface area is 105 Å². The number of halogens is 1. The third-order valence-electron chi connectivity index (χ3n) is 3.10. The number of fused-ring (bicyclic) bond motifs is 1. The molecule has 2 aliphatic heterocycles. The van der Waals surface area contributed by atoms with E-state index in [1.54, 1.807) is 6.07 Å². The van der Waals surface area contributed by atoms with Gasteiger partial charge in [-0.3, -0.25) is 0 Å². The van der Waals surface area contributed by atoms with Crippen LogP contribution in [0.5, 0.6) is 5.75 Å². The van der Waals surface area contributed by atoms with Gasteiger partial charge in [-0.25, -0.2) is 4.39 Å². The summed E-state index contributed by atoms with van der Waals surface area (Å²) in [6, 6.07) is 4.49. The van der Waals surface area contributed by atoms with Crippen molar-refractivity contribution >= 4 is 6.08 Å². The SMILES string of the molecule is CC1(C)OC[C@@H]([C@@H]2C=Cc3cc(F)ccc3O2)O1. The lowest BCUT2D eigenvalue weighted by Gasteiger charge is -2.26. The molecule has 0 spiro atoms. The highest BCUT2D eigenvalue weighted by atomic mass is 19.1. The predicted octanol–water partition coefficient (Wildman–Crippen LogP) is 2.75. The van der Waals surface area contributed by atoms with Crippen LogP contribution in [0.1, 0.15) is 19.4 Å². The van der Waals surface area contributed by atoms with Crippen molar-refractivity contribution in [3.63, 3.8) is 0 Å². The second kappa shape index (κ2) is 4.07. The van der Waals surface area contributed by atoms with Gasteiger partial charge in [0, 0.05) is 5.56 Å². The summed E-state index contributed by atoms with van der Waals surface area (Å²) in [6.45, 7) is 4.25. The van der Waals surface area contributed by atoms with Crippen LogP contribution in [0.3, 0.4) is 0 Å². The molecule has 0 radical (unpaired) electrons. The van der Waals surface area contributed by atoms with Gasteiger partial charge < -0.3 is 14.2 Å². The van der Waals surface area contributed by atoms with Gasteiger partial charge in [-0.2, -0.15) is 0 Å². The minimum Gasteiger partial charge on any atom is -0.483 e. The van der Waals surface area contributed by atoms with Crippen molar-refractivity contribution < 1.29 is 18.6 Å². The van der Waals surface area contributed by atoms with E-state index < -0.39 is 5.79 Å². The van der Waals surface area contributed by atoms with E-state index in [0.29, 0.717) is 12.4 Å². The van der Waals surface area contributed by atoms with Crippen LogP contribution in [0.2, 0.25) is 0 Å². The molecule has 0 bridgehead atoms. The highest BCUT2D eigenvalue weighted by Gasteiger charge is 2.38. The molecule has 0 unspecified atom stereocenters. The summed E-state index contributed by atoms with van der Waals surface area (Å²) in [4.78, 5) is 0. The van der Waals surface area contributed by atoms with Crippen molar-refractivity contribution in [3.8, 4) is 5.75 Å². The average molecular weight is 250 g/mol. The maximum Gasteiger partial charge on any atom is 0.163 e. The fourth-order valence-corrected chi connectivity index (χ4v) is 2.22. The molecule has 0 aliphatic carbocycles. The molecule has 0 aromatic heterocycles. The first-order chi connectivity index (χ1) is 8.53. The summed E-state index contributed by atoms with van der Waals surface area (Å²) in [5.41, 5.74) is 0.754. The Morgan fingerprint density at radius 2 is 2.17 bits per heavy atom. The zero-order valence-corrected chi connectivity index (χ0v) is 10.4. The summed E-state index contributed by atoms with van der Waals surface area (Å²) >= 11 is 0. The number of hydrogen-bond acceptors (Lipinski definition) is 3. The second-order valence-electron chi connectivity index (χ2n) is 4.99. The molecule has 1 saturated heterocycles. The zero-order valence-electron chi connectivity index (χ0n) is 10.4. The molecule has 0 N–H and O–H groups in total. The highest BCUT2D eigenvalue weighted by molar-refractivity contribution is 5.60. The van der Waals surface area contributed by atoms with Gasteiger partial charge in [-0.05, 0) is 38.1 Å². The molecule has 1 aromatic rings. The smallest absolute Gasteiger partial charge is 0.163 e. The second-order valence-corrected chi connectivity index (χ2v) is 4.99. The number of benzene rings is 1. The average Bonchev–Trinajstić information content (AvgIpc) is 2.69. The molecule has 0 amide bonds. The van der Waals surface area contributed by atoms with E-state index in [0.717, 1.165) is 5.56 Å². The van der Waals surface area contributed by atoms with Gasteiger partial charge in [0.2, 0.25) is 0 Å². The summed E-state index contributed by atoms with van der Waals surface area (Å²) in [7, 11) is 0. The standard InChI is InChI=1S/C14H15FO3/c1-14(2)16-8-13(18-14)12-5-3-9-7-10(15)4-6-11(9)17-12/h3-7,12-13H,8H2,1-2H3/t12-,13-/m0/s1. The Morgan fingerprint density at radius 1 is 1.33 bits per heavy atom. The third kappa shape index (κ3) is 2.13. The molecule has 1 aromatic carbocycles. The van der Waals surface area contributed by atoms with Gasteiger partial charge in [0.05, 0.1) is 6.61 Å². The fraction of sp³-hybridized carbons (Fsp3) is 0.429. The van der Waals surface area contributed by atoms with Crippen LogP contribution in [-0.2, 0) is 9.47 Å². The van der Waals surface area contributed by atoms with Gasteiger partial charge in [-0.15, -0.1) is 0 Å². The van der Waals surface area contributed by atoms with Crippen LogP contribution in [0.15, 0.2) is 24.3 Å². The number of ether oxygens (including phenoxy) is 3. The quantitative estimate of drug-likeness (QED) is 0.767. The first-order valence-corrected chi connectivity index (χ1v) is 6.00. The normalized spacial score (nSPS) is 28.8. The van der Waals surface area contributed by atoms with E-state index in [1.807, 2.05) is 26.0 Å². The highest BCUT2D eigenvalue weighted by Crippen LogP contribution is 2.32. The number of rotatable bonds is 1. The Balaban J connectivity index is 1.78. The Kier molecular flexibility index (Phi) is 2.64. The lowest BCUT2D eigenvalue weighted by molar-refractivity contribution is -0.145. The molecule has 1 fully saturated rings. The van der Waals surface area contributed by atoms with Crippen molar-refractivity contribution in [2.45, 2.75) is 31.8 Å². The topological polar surface area (TPSA) is 27.7 Å². The van der Waals surface area contributed by atoms with Crippen LogP contribution in [0.25, 0.3) is 6.08 Å². The van der Waals surface area contributed by atoms with Crippen molar-refractivity contribution in [2.24, 2.45) is 0 Å². The van der Waals surface area contributed by atoms with E-state index >= 15 is 0 Å². The maximum atomic E-state index is 13.1. The summed E-state index contributed by atoms with van der Waals surface area (Å²) in [5, 5.41) is 0. The van der Waals surface area contributed by atoms with Crippen LogP contribution in [0, 0.1) is 5.82 Å². The molecule has 2 heterocycles. The van der Waals surface area contributed by atoms with Crippen molar-refractivity contribution in [2.75, 3.05) is 6.61 Å². The zero-order chi connectivity index (χ0) is 12.8. The molecule has 0 saturated carbocycles. The van der Waals surface area contributed by atoms with Crippen LogP contribution < -0.4 is 4.74 Å². The molecule has 96 valence electrons. The van der Waals surface area contributed by atoms with Crippen LogP contribution >= 0.6 is 0 Å². The van der Waals surface area contributed by atoms with Crippen LogP contribution in [0.4, 0.5) is 4.39 Å². The summed E-state index contributed by atoms with van der Waals surface area (Å²) < 4.78 is 30.1. The Bertz CT molecular complexity index is 496. The van der Waals surface area contributed by atoms with Crippen molar-refractivity contribution in [1.29, 1.82) is 0 Å². The molecule has 3 nitrogen and oxygen atoms in total. The lowest BCUT2D eigenvalue weighted by atomic mass is 10.1. The molecular weight excluding hydrogens is 235 g/mol. The summed E-state index contributed by atoms with van der Waals surface area (Å²) in [6.07, 6.45) is 3.43. The predicted molar refractivity (Wildman–Crippen MR) is 64.8 cm³/mol. The van der Waals surface area contributed by atoms with Crippen molar-refractivity contribution in [1.82, 2.24) is 0 Å². The molecule has 4 heteroatoms. The molecule has 18 heavy (non-hydrogen) atoms. The molecular formula is C14H15FO3. The largest absolute Gasteiger partial charge is 0.483 e. The molecule has 3 rings (SSSR count). The minimum atomic E-state index is -0.565. The summed E-state index contributed by atoms with van der Waals surface area (Å²) in [5.74, 6) is -0.149. The van der Waals surface area contributed by atoms with Crippen molar-refractivity contribution in [3.05, 3.63) is 35.7 Å². The monoisotopic (exact) mass is 250 g/mol. The van der Waals surface area contributed by atoms with E-state index in [4.69, 9.17) is 14.2 Å². The first kappa shape index (κ1) is 11.7. The van der Waals surface area contributed by atoms with E-state index in [9.17, 15) is 4.39 Å². The van der Waals surface area contributed by atoms with Gasteiger partial charge in [0.15, 0.2) is 5.79 Å². The third-order valence-corrected chi connectivity index (χ3v) is 3.10. The van der Waals surface area contributed by atoms with Gasteiger partial charge in [0.25, 0.3) is 0 Å². The van der Waals surface area contributed by atoms with E-state index in [2.05, 4.69) is 0 Å². The fourth-order valence-electron chi connectivity index (χ4n) is 2.22. The molecule has 2 aliphatic rings. The first-order valence-electron chi connectivity index (χ1n) is 6.00. The maximum absolute atomic E-state index is 13.1. The van der Waals surface area contributed by atoms with E-state index in [-0.39, 0.29) is 18.0 Å². The lowest BCUT2D eigenvalue weighted by Crippen LogP contribution is -2.34. The molecule has 2 atom stereocenters. The Hall–Kier alpha value is -1.39. The van der Waals surface area contributed by atoms with Crippen LogP contribution in [-0.4, -0.2) is 24.6 Å². The Morgan fingerprint density at radius 3 is 2.89 bits per heavy atom. The van der Waals surface area contributed by atoms with Gasteiger partial charge in [0.1, 0.15) is 23.8 Å².